The first-order valence-corrected chi connectivity index (χ1v) is 9.13. The first-order chi connectivity index (χ1) is 14.1. The normalized spacial score (nSPS) is 11.2. The van der Waals surface area contributed by atoms with Crippen LogP contribution in [0.25, 0.3) is 39.1 Å². The molecule has 0 aliphatic heterocycles. The van der Waals surface area contributed by atoms with Crippen LogP contribution in [0.2, 0.25) is 0 Å². The quantitative estimate of drug-likeness (QED) is 0.472. The molecule has 3 aromatic heterocycles. The number of carbonyl (C=O) groups is 1. The molecule has 7 heteroatoms. The molecule has 1 amide bonds. The summed E-state index contributed by atoms with van der Waals surface area (Å²) >= 11 is 0. The fraction of sp³-hybridized carbons (Fsp3) is 0.0909. The van der Waals surface area contributed by atoms with E-state index in [0.29, 0.717) is 39.0 Å². The second-order valence-corrected chi connectivity index (χ2v) is 6.88. The summed E-state index contributed by atoms with van der Waals surface area (Å²) in [6.07, 6.45) is 1.59. The molecule has 0 saturated carbocycles. The molecule has 0 unspecified atom stereocenters. The van der Waals surface area contributed by atoms with Crippen LogP contribution in [0.4, 0.5) is 0 Å². The average Bonchev–Trinajstić information content (AvgIpc) is 3.42. The van der Waals surface area contributed by atoms with Gasteiger partial charge >= 0.3 is 0 Å². The van der Waals surface area contributed by atoms with E-state index in [0.717, 1.165) is 5.69 Å². The topological polar surface area (TPSA) is 77.0 Å². The zero-order chi connectivity index (χ0) is 20.0. The summed E-state index contributed by atoms with van der Waals surface area (Å²) in [5.74, 6) is 0.472. The van der Waals surface area contributed by atoms with Gasteiger partial charge in [-0.1, -0.05) is 18.2 Å². The third-order valence-corrected chi connectivity index (χ3v) is 4.72. The van der Waals surface area contributed by atoms with E-state index < -0.39 is 0 Å². The van der Waals surface area contributed by atoms with Gasteiger partial charge in [-0.3, -0.25) is 4.79 Å². The van der Waals surface area contributed by atoms with Crippen LogP contribution in [0.15, 0.2) is 71.3 Å². The maximum absolute atomic E-state index is 13.0. The van der Waals surface area contributed by atoms with Crippen LogP contribution in [0.1, 0.15) is 10.4 Å². The molecule has 7 nitrogen and oxygen atoms in total. The second-order valence-electron chi connectivity index (χ2n) is 6.88. The SMILES string of the molecule is CN(C)C(=O)c1cc(-c2ccco2)nc2ccc3nn(-c4ccccc4)nc3c12. The van der Waals surface area contributed by atoms with Crippen molar-refractivity contribution in [2.75, 3.05) is 14.1 Å². The van der Waals surface area contributed by atoms with Crippen molar-refractivity contribution in [1.82, 2.24) is 24.9 Å². The molecule has 0 radical (unpaired) electrons. The van der Waals surface area contributed by atoms with Gasteiger partial charge < -0.3 is 9.32 Å². The van der Waals surface area contributed by atoms with Crippen molar-refractivity contribution < 1.29 is 9.21 Å². The van der Waals surface area contributed by atoms with E-state index >= 15 is 0 Å². The first-order valence-electron chi connectivity index (χ1n) is 9.13. The lowest BCUT2D eigenvalue weighted by atomic mass is 10.0. The summed E-state index contributed by atoms with van der Waals surface area (Å²) in [7, 11) is 3.45. The van der Waals surface area contributed by atoms with Gasteiger partial charge in [0, 0.05) is 19.5 Å². The summed E-state index contributed by atoms with van der Waals surface area (Å²) in [5.41, 5.74) is 3.95. The van der Waals surface area contributed by atoms with Gasteiger partial charge in [-0.05, 0) is 42.5 Å². The molecule has 0 aliphatic carbocycles. The Balaban J connectivity index is 1.82. The monoisotopic (exact) mass is 383 g/mol. The number of furan rings is 1. The highest BCUT2D eigenvalue weighted by atomic mass is 16.3. The Bertz CT molecular complexity index is 1340. The number of fused-ring (bicyclic) bond motifs is 3. The average molecular weight is 383 g/mol. The van der Waals surface area contributed by atoms with E-state index in [1.54, 1.807) is 42.2 Å². The molecular weight excluding hydrogens is 366 g/mol. The van der Waals surface area contributed by atoms with Gasteiger partial charge in [0.1, 0.15) is 16.7 Å². The third kappa shape index (κ3) is 2.84. The van der Waals surface area contributed by atoms with E-state index in [2.05, 4.69) is 10.2 Å². The standard InChI is InChI=1S/C22H17N5O2/c1-26(2)22(28)15-13-18(19-9-6-12-29-19)23-16-10-11-17-21(20(15)16)25-27(24-17)14-7-4-3-5-8-14/h3-13H,1-2H3. The smallest absolute Gasteiger partial charge is 0.254 e. The van der Waals surface area contributed by atoms with Gasteiger partial charge in [0.2, 0.25) is 0 Å². The molecule has 0 atom stereocenters. The van der Waals surface area contributed by atoms with Crippen LogP contribution in [-0.2, 0) is 0 Å². The summed E-state index contributed by atoms with van der Waals surface area (Å²) in [6.45, 7) is 0. The maximum Gasteiger partial charge on any atom is 0.254 e. The van der Waals surface area contributed by atoms with E-state index in [1.165, 1.54) is 0 Å². The Morgan fingerprint density at radius 1 is 0.966 bits per heavy atom. The minimum atomic E-state index is -0.132. The van der Waals surface area contributed by atoms with Crippen LogP contribution in [0.5, 0.6) is 0 Å². The highest BCUT2D eigenvalue weighted by Crippen LogP contribution is 2.30. The van der Waals surface area contributed by atoms with Gasteiger partial charge in [-0.25, -0.2) is 4.98 Å². The number of para-hydroxylation sites is 1. The third-order valence-electron chi connectivity index (χ3n) is 4.72. The molecule has 0 fully saturated rings. The van der Waals surface area contributed by atoms with E-state index in [4.69, 9.17) is 9.40 Å². The van der Waals surface area contributed by atoms with Crippen molar-refractivity contribution in [3.05, 3.63) is 72.5 Å². The van der Waals surface area contributed by atoms with E-state index in [9.17, 15) is 4.79 Å². The van der Waals surface area contributed by atoms with Crippen LogP contribution in [0.3, 0.4) is 0 Å². The van der Waals surface area contributed by atoms with E-state index in [1.807, 2.05) is 48.5 Å². The fourth-order valence-corrected chi connectivity index (χ4v) is 3.34. The van der Waals surface area contributed by atoms with Crippen molar-refractivity contribution in [2.24, 2.45) is 0 Å². The van der Waals surface area contributed by atoms with Crippen molar-refractivity contribution in [1.29, 1.82) is 0 Å². The lowest BCUT2D eigenvalue weighted by Crippen LogP contribution is -2.22. The number of benzene rings is 2. The van der Waals surface area contributed by atoms with Crippen LogP contribution >= 0.6 is 0 Å². The summed E-state index contributed by atoms with van der Waals surface area (Å²) < 4.78 is 5.49. The number of aromatic nitrogens is 4. The van der Waals surface area contributed by atoms with Crippen LogP contribution in [0, 0.1) is 0 Å². The number of hydrogen-bond donors (Lipinski definition) is 0. The number of amides is 1. The Labute approximate surface area is 166 Å². The Hall–Kier alpha value is -4.00. The Morgan fingerprint density at radius 3 is 2.48 bits per heavy atom. The zero-order valence-corrected chi connectivity index (χ0v) is 15.9. The molecular formula is C22H17N5O2. The minimum Gasteiger partial charge on any atom is -0.463 e. The molecule has 0 saturated heterocycles. The van der Waals surface area contributed by atoms with E-state index in [-0.39, 0.29) is 5.91 Å². The molecule has 3 heterocycles. The van der Waals surface area contributed by atoms with Crippen molar-refractivity contribution in [3.8, 4) is 17.1 Å². The van der Waals surface area contributed by atoms with Gasteiger partial charge in [0.05, 0.1) is 23.0 Å². The highest BCUT2D eigenvalue weighted by Gasteiger charge is 2.20. The molecule has 0 spiro atoms. The molecule has 0 aliphatic rings. The molecule has 0 N–H and O–H groups in total. The molecule has 5 aromatic rings. The van der Waals surface area contributed by atoms with Crippen LogP contribution in [-0.4, -0.2) is 44.9 Å². The van der Waals surface area contributed by atoms with Gasteiger partial charge in [0.25, 0.3) is 5.91 Å². The number of carbonyl (C=O) groups excluding carboxylic acids is 1. The van der Waals surface area contributed by atoms with Gasteiger partial charge in [-0.15, -0.1) is 10.2 Å². The van der Waals surface area contributed by atoms with Crippen molar-refractivity contribution in [2.45, 2.75) is 0 Å². The highest BCUT2D eigenvalue weighted by molar-refractivity contribution is 6.15. The number of hydrogen-bond acceptors (Lipinski definition) is 5. The first kappa shape index (κ1) is 17.1. The van der Waals surface area contributed by atoms with Gasteiger partial charge in [0.15, 0.2) is 5.76 Å². The molecule has 5 rings (SSSR count). The summed E-state index contributed by atoms with van der Waals surface area (Å²) in [6, 6.07) is 18.8. The number of pyridine rings is 1. The molecule has 2 aromatic carbocycles. The molecule has 0 bridgehead atoms. The largest absolute Gasteiger partial charge is 0.463 e. The van der Waals surface area contributed by atoms with Gasteiger partial charge in [-0.2, -0.15) is 4.80 Å². The lowest BCUT2D eigenvalue weighted by molar-refractivity contribution is 0.0829. The Kier molecular flexibility index (Phi) is 3.87. The predicted octanol–water partition coefficient (Wildman–Crippen LogP) is 3.93. The lowest BCUT2D eigenvalue weighted by Gasteiger charge is -2.13. The molecule has 29 heavy (non-hydrogen) atoms. The fourth-order valence-electron chi connectivity index (χ4n) is 3.34. The predicted molar refractivity (Wildman–Crippen MR) is 110 cm³/mol. The van der Waals surface area contributed by atoms with Crippen LogP contribution < -0.4 is 0 Å². The second kappa shape index (κ2) is 6.56. The Morgan fingerprint density at radius 2 is 1.76 bits per heavy atom. The summed E-state index contributed by atoms with van der Waals surface area (Å²) in [5, 5.41) is 9.94. The molecule has 142 valence electrons. The minimum absolute atomic E-state index is 0.132. The number of rotatable bonds is 3. The summed E-state index contributed by atoms with van der Waals surface area (Å²) in [4.78, 5) is 20.8. The maximum atomic E-state index is 13.0. The van der Waals surface area contributed by atoms with Crippen molar-refractivity contribution in [3.63, 3.8) is 0 Å². The zero-order valence-electron chi connectivity index (χ0n) is 15.9. The van der Waals surface area contributed by atoms with Crippen molar-refractivity contribution >= 4 is 27.8 Å². The number of nitrogens with zero attached hydrogens (tertiary/aromatic N) is 5.